The number of ether oxygens (including phenoxy) is 3. The minimum absolute atomic E-state index is 0.0375. The summed E-state index contributed by atoms with van der Waals surface area (Å²) in [4.78, 5) is 21.9. The Morgan fingerprint density at radius 1 is 0.882 bits per heavy atom. The van der Waals surface area contributed by atoms with Crippen LogP contribution in [0.25, 0.3) is 0 Å². The Labute approximate surface area is 100 Å². The molecule has 5 heteroatoms. The number of hydrogen-bond acceptors (Lipinski definition) is 5. The summed E-state index contributed by atoms with van der Waals surface area (Å²) in [5.74, 6) is -0.529. The fourth-order valence-corrected chi connectivity index (χ4v) is 2.63. The van der Waals surface area contributed by atoms with Crippen LogP contribution in [0.3, 0.4) is 0 Å². The van der Waals surface area contributed by atoms with Gasteiger partial charge in [-0.1, -0.05) is 0 Å². The van der Waals surface area contributed by atoms with E-state index in [2.05, 4.69) is 0 Å². The molecule has 0 saturated carbocycles. The Balaban J connectivity index is 1.91. The molecule has 0 aromatic heterocycles. The van der Waals surface area contributed by atoms with Crippen LogP contribution in [0, 0.1) is 0 Å². The van der Waals surface area contributed by atoms with Gasteiger partial charge in [-0.05, 0) is 25.7 Å². The van der Waals surface area contributed by atoms with Crippen LogP contribution in [-0.4, -0.2) is 36.4 Å². The molecular formula is C12H18O5. The van der Waals surface area contributed by atoms with Gasteiger partial charge in [-0.25, -0.2) is 0 Å². The predicted octanol–water partition coefficient (Wildman–Crippen LogP) is 1.19. The smallest absolute Gasteiger partial charge is 0.302 e. The molecule has 4 atom stereocenters. The van der Waals surface area contributed by atoms with Gasteiger partial charge < -0.3 is 14.2 Å². The fourth-order valence-electron chi connectivity index (χ4n) is 2.63. The van der Waals surface area contributed by atoms with Gasteiger partial charge in [0.2, 0.25) is 0 Å². The summed E-state index contributed by atoms with van der Waals surface area (Å²) < 4.78 is 16.2. The van der Waals surface area contributed by atoms with Crippen molar-refractivity contribution in [2.75, 3.05) is 0 Å². The number of carbonyl (C=O) groups excluding carboxylic acids is 2. The summed E-state index contributed by atoms with van der Waals surface area (Å²) in [5, 5.41) is 0. The molecule has 0 spiro atoms. The molecule has 0 amide bonds. The van der Waals surface area contributed by atoms with Gasteiger partial charge in [0, 0.05) is 13.8 Å². The van der Waals surface area contributed by atoms with Crippen molar-refractivity contribution in [2.24, 2.45) is 0 Å². The topological polar surface area (TPSA) is 61.8 Å². The van der Waals surface area contributed by atoms with E-state index < -0.39 is 0 Å². The van der Waals surface area contributed by atoms with Crippen LogP contribution in [0.1, 0.15) is 39.5 Å². The zero-order valence-electron chi connectivity index (χ0n) is 10.2. The van der Waals surface area contributed by atoms with Crippen molar-refractivity contribution in [3.8, 4) is 0 Å². The van der Waals surface area contributed by atoms with Crippen molar-refractivity contribution < 1.29 is 23.8 Å². The summed E-state index contributed by atoms with van der Waals surface area (Å²) >= 11 is 0. The van der Waals surface area contributed by atoms with Crippen LogP contribution in [0.5, 0.6) is 0 Å². The maximum Gasteiger partial charge on any atom is 0.302 e. The minimum atomic E-state index is -0.265. The molecule has 2 bridgehead atoms. The van der Waals surface area contributed by atoms with Crippen molar-refractivity contribution in [3.63, 3.8) is 0 Å². The summed E-state index contributed by atoms with van der Waals surface area (Å²) in [6.45, 7) is 2.83. The third kappa shape index (κ3) is 2.97. The Morgan fingerprint density at radius 2 is 1.29 bits per heavy atom. The van der Waals surface area contributed by atoms with E-state index in [0.29, 0.717) is 0 Å². The lowest BCUT2D eigenvalue weighted by Gasteiger charge is -2.43. The summed E-state index contributed by atoms with van der Waals surface area (Å²) in [5.41, 5.74) is 0. The molecule has 2 saturated heterocycles. The van der Waals surface area contributed by atoms with E-state index in [9.17, 15) is 9.59 Å². The first-order valence-electron chi connectivity index (χ1n) is 6.06. The maximum absolute atomic E-state index is 10.9. The second-order valence-electron chi connectivity index (χ2n) is 4.66. The molecule has 2 aliphatic rings. The molecule has 0 radical (unpaired) electrons. The fraction of sp³-hybridized carbons (Fsp3) is 0.833. The highest BCUT2D eigenvalue weighted by Crippen LogP contribution is 2.34. The molecule has 96 valence electrons. The molecular weight excluding hydrogens is 224 g/mol. The summed E-state index contributed by atoms with van der Waals surface area (Å²) in [6, 6.07) is 0. The SMILES string of the molecule is CC(=O)O[C@@H]1CC[C@@H]2O[C@H]1CC[C@H]2OC(C)=O. The van der Waals surface area contributed by atoms with Gasteiger partial charge in [0.25, 0.3) is 0 Å². The lowest BCUT2D eigenvalue weighted by atomic mass is 9.88. The zero-order valence-corrected chi connectivity index (χ0v) is 10.2. The van der Waals surface area contributed by atoms with E-state index in [1.54, 1.807) is 0 Å². The Bertz CT molecular complexity index is 284. The molecule has 2 heterocycles. The van der Waals surface area contributed by atoms with Gasteiger partial charge >= 0.3 is 11.9 Å². The van der Waals surface area contributed by atoms with Crippen molar-refractivity contribution in [2.45, 2.75) is 63.9 Å². The number of hydrogen-bond donors (Lipinski definition) is 0. The lowest BCUT2D eigenvalue weighted by molar-refractivity contribution is -0.208. The van der Waals surface area contributed by atoms with Crippen molar-refractivity contribution >= 4 is 11.9 Å². The number of carbonyl (C=O) groups is 2. The van der Waals surface area contributed by atoms with E-state index in [4.69, 9.17) is 14.2 Å². The molecule has 2 aliphatic heterocycles. The first-order valence-corrected chi connectivity index (χ1v) is 6.06. The number of rotatable bonds is 2. The third-order valence-electron chi connectivity index (χ3n) is 3.29. The standard InChI is InChI=1S/C12H18O5/c1-7(13)15-9-3-5-12-10(16-8(2)14)4-6-11(9)17-12/h9-12H,3-6H2,1-2H3/t9-,10-,11+,12+/m1/s1. The largest absolute Gasteiger partial charge is 0.460 e. The quantitative estimate of drug-likeness (QED) is 0.681. The number of esters is 2. The molecule has 0 aromatic rings. The normalized spacial score (nSPS) is 36.1. The Morgan fingerprint density at radius 3 is 1.65 bits per heavy atom. The van der Waals surface area contributed by atoms with Crippen molar-refractivity contribution in [1.29, 1.82) is 0 Å². The van der Waals surface area contributed by atoms with Crippen molar-refractivity contribution in [3.05, 3.63) is 0 Å². The van der Waals surface area contributed by atoms with Crippen molar-refractivity contribution in [1.82, 2.24) is 0 Å². The van der Waals surface area contributed by atoms with Gasteiger partial charge in [0.15, 0.2) is 0 Å². The maximum atomic E-state index is 10.9. The molecule has 2 fully saturated rings. The van der Waals surface area contributed by atoms with Crippen LogP contribution >= 0.6 is 0 Å². The highest BCUT2D eigenvalue weighted by Gasteiger charge is 2.42. The summed E-state index contributed by atoms with van der Waals surface area (Å²) in [7, 11) is 0. The predicted molar refractivity (Wildman–Crippen MR) is 58.2 cm³/mol. The van der Waals surface area contributed by atoms with E-state index in [1.165, 1.54) is 13.8 Å². The van der Waals surface area contributed by atoms with Gasteiger partial charge in [0.05, 0.1) is 12.2 Å². The zero-order chi connectivity index (χ0) is 12.4. The highest BCUT2D eigenvalue weighted by molar-refractivity contribution is 5.66. The van der Waals surface area contributed by atoms with Crippen LogP contribution in [-0.2, 0) is 23.8 Å². The molecule has 17 heavy (non-hydrogen) atoms. The van der Waals surface area contributed by atoms with E-state index in [0.717, 1.165) is 25.7 Å². The van der Waals surface area contributed by atoms with Gasteiger partial charge in [-0.15, -0.1) is 0 Å². The molecule has 0 unspecified atom stereocenters. The van der Waals surface area contributed by atoms with Gasteiger partial charge in [-0.3, -0.25) is 9.59 Å². The average Bonchev–Trinajstić information content (AvgIpc) is 2.24. The molecule has 0 aromatic carbocycles. The van der Waals surface area contributed by atoms with E-state index in [1.807, 2.05) is 0 Å². The minimum Gasteiger partial charge on any atom is -0.460 e. The monoisotopic (exact) mass is 242 g/mol. The lowest BCUT2D eigenvalue weighted by Crippen LogP contribution is -2.50. The van der Waals surface area contributed by atoms with Crippen LogP contribution in [0.15, 0.2) is 0 Å². The Hall–Kier alpha value is -1.10. The second kappa shape index (κ2) is 5.04. The molecule has 5 nitrogen and oxygen atoms in total. The van der Waals surface area contributed by atoms with Gasteiger partial charge in [0.1, 0.15) is 12.2 Å². The molecule has 0 N–H and O–H groups in total. The Kier molecular flexibility index (Phi) is 3.66. The van der Waals surface area contributed by atoms with Crippen LogP contribution in [0.2, 0.25) is 0 Å². The van der Waals surface area contributed by atoms with Gasteiger partial charge in [-0.2, -0.15) is 0 Å². The number of fused-ring (bicyclic) bond motifs is 2. The average molecular weight is 242 g/mol. The summed E-state index contributed by atoms with van der Waals surface area (Å²) in [6.07, 6.45) is 2.76. The van der Waals surface area contributed by atoms with E-state index in [-0.39, 0.29) is 36.4 Å². The van der Waals surface area contributed by atoms with Crippen LogP contribution < -0.4 is 0 Å². The first kappa shape index (κ1) is 12.4. The van der Waals surface area contributed by atoms with E-state index >= 15 is 0 Å². The third-order valence-corrected chi connectivity index (χ3v) is 3.29. The van der Waals surface area contributed by atoms with Crippen LogP contribution in [0.4, 0.5) is 0 Å². The second-order valence-corrected chi connectivity index (χ2v) is 4.66. The first-order chi connectivity index (χ1) is 8.06. The molecule has 2 rings (SSSR count). The highest BCUT2D eigenvalue weighted by atomic mass is 16.6. The molecule has 0 aliphatic carbocycles.